The molecule has 0 bridgehead atoms. The second-order valence-electron chi connectivity index (χ2n) is 5.52. The first-order valence-corrected chi connectivity index (χ1v) is 6.98. The van der Waals surface area contributed by atoms with Gasteiger partial charge in [0.05, 0.1) is 25.4 Å². The maximum Gasteiger partial charge on any atom is 0.127 e. The number of halogens is 1. The lowest BCUT2D eigenvalue weighted by Crippen LogP contribution is -2.44. The molecule has 2 unspecified atom stereocenters. The average molecular weight is 282 g/mol. The fraction of sp³-hybridized carbons (Fsp3) is 0.600. The summed E-state index contributed by atoms with van der Waals surface area (Å²) in [5.74, 6) is 0.0764. The summed E-state index contributed by atoms with van der Waals surface area (Å²) in [5.41, 5.74) is 0.293. The number of ether oxygens (including phenoxy) is 3. The Morgan fingerprint density at radius 1 is 1.35 bits per heavy atom. The van der Waals surface area contributed by atoms with Crippen molar-refractivity contribution in [2.45, 2.75) is 37.6 Å². The number of aliphatic hydroxyl groups is 1. The average Bonchev–Trinajstić information content (AvgIpc) is 2.86. The highest BCUT2D eigenvalue weighted by molar-refractivity contribution is 5.29. The molecule has 2 aliphatic heterocycles. The summed E-state index contributed by atoms with van der Waals surface area (Å²) in [5, 5.41) is 9.10. The molecule has 0 saturated carbocycles. The van der Waals surface area contributed by atoms with Crippen molar-refractivity contribution in [2.75, 3.05) is 19.8 Å². The van der Waals surface area contributed by atoms with Gasteiger partial charge in [-0.15, -0.1) is 0 Å². The fourth-order valence-corrected chi connectivity index (χ4v) is 2.92. The summed E-state index contributed by atoms with van der Waals surface area (Å²) in [7, 11) is 0. The summed E-state index contributed by atoms with van der Waals surface area (Å²) in [6.45, 7) is 1.77. The van der Waals surface area contributed by atoms with Gasteiger partial charge in [0.15, 0.2) is 0 Å². The van der Waals surface area contributed by atoms with Gasteiger partial charge in [-0.05, 0) is 17.7 Å². The third-order valence-corrected chi connectivity index (χ3v) is 3.93. The van der Waals surface area contributed by atoms with E-state index in [0.717, 1.165) is 25.9 Å². The predicted octanol–water partition coefficient (Wildman–Crippen LogP) is 2.03. The Labute approximate surface area is 117 Å². The van der Waals surface area contributed by atoms with Gasteiger partial charge in [0.2, 0.25) is 0 Å². The molecule has 1 spiro atoms. The Morgan fingerprint density at radius 2 is 2.25 bits per heavy atom. The van der Waals surface area contributed by atoms with Gasteiger partial charge in [0, 0.05) is 31.9 Å². The first kappa shape index (κ1) is 13.8. The van der Waals surface area contributed by atoms with E-state index in [0.29, 0.717) is 24.5 Å². The molecular formula is C15H19FO4. The van der Waals surface area contributed by atoms with Gasteiger partial charge < -0.3 is 19.3 Å². The van der Waals surface area contributed by atoms with E-state index in [4.69, 9.17) is 19.3 Å². The minimum atomic E-state index is -0.391. The lowest BCUT2D eigenvalue weighted by Gasteiger charge is -2.37. The molecule has 1 aromatic carbocycles. The second-order valence-corrected chi connectivity index (χ2v) is 5.52. The van der Waals surface area contributed by atoms with Crippen LogP contribution in [-0.4, -0.2) is 36.6 Å². The minimum absolute atomic E-state index is 0.00112. The van der Waals surface area contributed by atoms with Crippen molar-refractivity contribution in [3.8, 4) is 5.75 Å². The highest BCUT2D eigenvalue weighted by Crippen LogP contribution is 2.34. The smallest absolute Gasteiger partial charge is 0.127 e. The zero-order valence-corrected chi connectivity index (χ0v) is 11.3. The Kier molecular flexibility index (Phi) is 3.92. The molecule has 0 aromatic heterocycles. The van der Waals surface area contributed by atoms with Crippen LogP contribution in [-0.2, 0) is 16.1 Å². The largest absolute Gasteiger partial charge is 0.490 e. The van der Waals surface area contributed by atoms with Crippen LogP contribution in [0.5, 0.6) is 5.75 Å². The first-order chi connectivity index (χ1) is 9.69. The van der Waals surface area contributed by atoms with Gasteiger partial charge >= 0.3 is 0 Å². The zero-order chi connectivity index (χ0) is 14.0. The standard InChI is InChI=1S/C15H19FO4/c16-12-5-11(9-17)6-14(7-12)20-13-1-3-19-15(8-13)2-4-18-10-15/h5-7,13,17H,1-4,8-10H2. The van der Waals surface area contributed by atoms with E-state index >= 15 is 0 Å². The van der Waals surface area contributed by atoms with E-state index in [1.807, 2.05) is 0 Å². The van der Waals surface area contributed by atoms with Crippen LogP contribution in [0.1, 0.15) is 24.8 Å². The topological polar surface area (TPSA) is 47.9 Å². The molecule has 0 aliphatic carbocycles. The van der Waals surface area contributed by atoms with Crippen molar-refractivity contribution in [2.24, 2.45) is 0 Å². The quantitative estimate of drug-likeness (QED) is 0.921. The number of benzene rings is 1. The van der Waals surface area contributed by atoms with Gasteiger partial charge in [0.1, 0.15) is 17.7 Å². The van der Waals surface area contributed by atoms with Gasteiger partial charge in [-0.3, -0.25) is 0 Å². The molecule has 2 fully saturated rings. The molecule has 20 heavy (non-hydrogen) atoms. The van der Waals surface area contributed by atoms with Crippen LogP contribution < -0.4 is 4.74 Å². The van der Waals surface area contributed by atoms with E-state index in [1.165, 1.54) is 12.1 Å². The lowest BCUT2D eigenvalue weighted by molar-refractivity contribution is -0.112. The lowest BCUT2D eigenvalue weighted by atomic mass is 9.91. The number of rotatable bonds is 3. The molecule has 0 amide bonds. The molecule has 0 radical (unpaired) electrons. The highest BCUT2D eigenvalue weighted by Gasteiger charge is 2.41. The van der Waals surface area contributed by atoms with Crippen molar-refractivity contribution in [3.63, 3.8) is 0 Å². The zero-order valence-electron chi connectivity index (χ0n) is 11.3. The summed E-state index contributed by atoms with van der Waals surface area (Å²) < 4.78 is 30.6. The summed E-state index contributed by atoms with van der Waals surface area (Å²) in [6.07, 6.45) is 2.43. The maximum absolute atomic E-state index is 13.4. The van der Waals surface area contributed by atoms with E-state index in [9.17, 15) is 4.39 Å². The molecule has 2 aliphatic rings. The molecule has 1 aromatic rings. The Balaban J connectivity index is 1.69. The minimum Gasteiger partial charge on any atom is -0.490 e. The molecule has 1 N–H and O–H groups in total. The van der Waals surface area contributed by atoms with Crippen LogP contribution in [0, 0.1) is 5.82 Å². The van der Waals surface area contributed by atoms with Gasteiger partial charge in [-0.2, -0.15) is 0 Å². The Bertz CT molecular complexity index is 471. The van der Waals surface area contributed by atoms with Gasteiger partial charge in [-0.1, -0.05) is 0 Å². The summed E-state index contributed by atoms with van der Waals surface area (Å²) in [6, 6.07) is 4.34. The third kappa shape index (κ3) is 2.95. The molecule has 2 saturated heterocycles. The highest BCUT2D eigenvalue weighted by atomic mass is 19.1. The molecule has 2 atom stereocenters. The SMILES string of the molecule is OCc1cc(F)cc(OC2CCOC3(CCOC3)C2)c1. The second kappa shape index (κ2) is 5.68. The van der Waals surface area contributed by atoms with Crippen LogP contribution in [0.4, 0.5) is 4.39 Å². The van der Waals surface area contributed by atoms with Crippen LogP contribution in [0.15, 0.2) is 18.2 Å². The molecule has 2 heterocycles. The van der Waals surface area contributed by atoms with Crippen molar-refractivity contribution < 1.29 is 23.7 Å². The molecule has 3 rings (SSSR count). The normalized spacial score (nSPS) is 29.8. The maximum atomic E-state index is 13.4. The predicted molar refractivity (Wildman–Crippen MR) is 70.1 cm³/mol. The molecule has 4 nitrogen and oxygen atoms in total. The Morgan fingerprint density at radius 3 is 3.00 bits per heavy atom. The third-order valence-electron chi connectivity index (χ3n) is 3.93. The van der Waals surface area contributed by atoms with E-state index < -0.39 is 5.82 Å². The number of hydrogen-bond donors (Lipinski definition) is 1. The van der Waals surface area contributed by atoms with Crippen molar-refractivity contribution >= 4 is 0 Å². The van der Waals surface area contributed by atoms with Crippen LogP contribution in [0.3, 0.4) is 0 Å². The van der Waals surface area contributed by atoms with E-state index in [2.05, 4.69) is 0 Å². The Hall–Kier alpha value is -1.17. The molecule has 110 valence electrons. The van der Waals surface area contributed by atoms with Crippen LogP contribution in [0.2, 0.25) is 0 Å². The molecular weight excluding hydrogens is 263 g/mol. The number of hydrogen-bond acceptors (Lipinski definition) is 4. The molecule has 5 heteroatoms. The van der Waals surface area contributed by atoms with Crippen molar-refractivity contribution in [1.82, 2.24) is 0 Å². The van der Waals surface area contributed by atoms with Gasteiger partial charge in [0.25, 0.3) is 0 Å². The fourth-order valence-electron chi connectivity index (χ4n) is 2.92. The van der Waals surface area contributed by atoms with E-state index in [-0.39, 0.29) is 18.3 Å². The van der Waals surface area contributed by atoms with E-state index in [1.54, 1.807) is 6.07 Å². The van der Waals surface area contributed by atoms with Crippen molar-refractivity contribution in [1.29, 1.82) is 0 Å². The first-order valence-electron chi connectivity index (χ1n) is 6.98. The van der Waals surface area contributed by atoms with Crippen LogP contribution in [0.25, 0.3) is 0 Å². The van der Waals surface area contributed by atoms with Crippen molar-refractivity contribution in [3.05, 3.63) is 29.6 Å². The van der Waals surface area contributed by atoms with Gasteiger partial charge in [-0.25, -0.2) is 4.39 Å². The monoisotopic (exact) mass is 282 g/mol. The number of aliphatic hydroxyl groups excluding tert-OH is 1. The summed E-state index contributed by atoms with van der Waals surface area (Å²) in [4.78, 5) is 0. The van der Waals surface area contributed by atoms with Crippen LogP contribution >= 0.6 is 0 Å². The summed E-state index contributed by atoms with van der Waals surface area (Å²) >= 11 is 0.